The Morgan fingerprint density at radius 1 is 1.16 bits per heavy atom. The molecule has 1 amide bonds. The van der Waals surface area contributed by atoms with Crippen LogP contribution >= 0.6 is 0 Å². The minimum Gasteiger partial charge on any atom is -0.443 e. The molecular formula is C14H24N2O3. The molecule has 2 saturated heterocycles. The number of alkyl carbamates (subject to hydrolysis) is 1. The van der Waals surface area contributed by atoms with Crippen LogP contribution in [0.4, 0.5) is 4.79 Å². The van der Waals surface area contributed by atoms with E-state index in [-0.39, 0.29) is 18.2 Å². The SMILES string of the molecule is O=C1N[C@H](C2CCCCC2)[C@@H](CN2CCOCC2)O1. The molecule has 0 bridgehead atoms. The van der Waals surface area contributed by atoms with Gasteiger partial charge in [0.1, 0.15) is 6.10 Å². The van der Waals surface area contributed by atoms with Gasteiger partial charge in [-0.05, 0) is 18.8 Å². The van der Waals surface area contributed by atoms with Gasteiger partial charge in [0, 0.05) is 19.6 Å². The van der Waals surface area contributed by atoms with Crippen molar-refractivity contribution >= 4 is 6.09 Å². The van der Waals surface area contributed by atoms with Gasteiger partial charge in [-0.1, -0.05) is 19.3 Å². The lowest BCUT2D eigenvalue weighted by Crippen LogP contribution is -2.47. The monoisotopic (exact) mass is 268 g/mol. The number of carbonyl (C=O) groups excluding carboxylic acids is 1. The Morgan fingerprint density at radius 2 is 1.89 bits per heavy atom. The van der Waals surface area contributed by atoms with E-state index in [4.69, 9.17) is 9.47 Å². The molecule has 0 aromatic heterocycles. The number of ether oxygens (including phenoxy) is 2. The molecule has 0 aromatic carbocycles. The standard InChI is InChI=1S/C14H24N2O3/c17-14-15-13(11-4-2-1-3-5-11)12(19-14)10-16-6-8-18-9-7-16/h11-13H,1-10H2,(H,15,17)/t12-,13-/m1/s1. The van der Waals surface area contributed by atoms with Gasteiger partial charge < -0.3 is 14.8 Å². The predicted octanol–water partition coefficient (Wildman–Crippen LogP) is 1.38. The van der Waals surface area contributed by atoms with Crippen molar-refractivity contribution in [3.63, 3.8) is 0 Å². The topological polar surface area (TPSA) is 50.8 Å². The number of amides is 1. The lowest BCUT2D eigenvalue weighted by atomic mass is 9.82. The van der Waals surface area contributed by atoms with Gasteiger partial charge in [-0.15, -0.1) is 0 Å². The quantitative estimate of drug-likeness (QED) is 0.840. The lowest BCUT2D eigenvalue weighted by molar-refractivity contribution is 0.0106. The molecule has 5 heteroatoms. The molecule has 0 unspecified atom stereocenters. The van der Waals surface area contributed by atoms with E-state index in [1.54, 1.807) is 0 Å². The molecule has 1 saturated carbocycles. The zero-order valence-electron chi connectivity index (χ0n) is 11.5. The number of morpholine rings is 1. The van der Waals surface area contributed by atoms with Crippen LogP contribution in [0.15, 0.2) is 0 Å². The Morgan fingerprint density at radius 3 is 2.63 bits per heavy atom. The third-order valence-corrected chi connectivity index (χ3v) is 4.64. The van der Waals surface area contributed by atoms with Crippen LogP contribution in [0, 0.1) is 5.92 Å². The average molecular weight is 268 g/mol. The summed E-state index contributed by atoms with van der Waals surface area (Å²) in [7, 11) is 0. The second-order valence-electron chi connectivity index (χ2n) is 5.92. The first-order valence-corrected chi connectivity index (χ1v) is 7.60. The molecule has 1 N–H and O–H groups in total. The summed E-state index contributed by atoms with van der Waals surface area (Å²) in [6.45, 7) is 4.34. The van der Waals surface area contributed by atoms with Crippen LogP contribution in [-0.4, -0.2) is 56.0 Å². The number of carbonyl (C=O) groups is 1. The maximum absolute atomic E-state index is 11.6. The summed E-state index contributed by atoms with van der Waals surface area (Å²) in [6.07, 6.45) is 6.18. The second-order valence-corrected chi connectivity index (χ2v) is 5.92. The highest BCUT2D eigenvalue weighted by atomic mass is 16.6. The maximum atomic E-state index is 11.6. The fraction of sp³-hybridized carbons (Fsp3) is 0.929. The minimum atomic E-state index is -0.228. The molecule has 3 rings (SSSR count). The van der Waals surface area contributed by atoms with Crippen molar-refractivity contribution < 1.29 is 14.3 Å². The lowest BCUT2D eigenvalue weighted by Gasteiger charge is -2.33. The highest BCUT2D eigenvalue weighted by Crippen LogP contribution is 2.31. The highest BCUT2D eigenvalue weighted by Gasteiger charge is 2.40. The molecule has 3 fully saturated rings. The van der Waals surface area contributed by atoms with Gasteiger partial charge in [-0.2, -0.15) is 0 Å². The molecule has 108 valence electrons. The minimum absolute atomic E-state index is 0.0219. The van der Waals surface area contributed by atoms with Crippen molar-refractivity contribution in [1.29, 1.82) is 0 Å². The van der Waals surface area contributed by atoms with E-state index in [9.17, 15) is 4.79 Å². The summed E-state index contributed by atoms with van der Waals surface area (Å²) in [5.74, 6) is 0.603. The van der Waals surface area contributed by atoms with Gasteiger partial charge in [0.15, 0.2) is 0 Å². The second kappa shape index (κ2) is 6.09. The Bertz CT molecular complexity index is 312. The van der Waals surface area contributed by atoms with Gasteiger partial charge >= 0.3 is 6.09 Å². The molecule has 1 aliphatic carbocycles. The highest BCUT2D eigenvalue weighted by molar-refractivity contribution is 5.70. The van der Waals surface area contributed by atoms with Crippen molar-refractivity contribution in [2.75, 3.05) is 32.8 Å². The predicted molar refractivity (Wildman–Crippen MR) is 71.0 cm³/mol. The van der Waals surface area contributed by atoms with Crippen LogP contribution in [0.2, 0.25) is 0 Å². The van der Waals surface area contributed by atoms with Crippen LogP contribution in [0.1, 0.15) is 32.1 Å². The number of rotatable bonds is 3. The average Bonchev–Trinajstić information content (AvgIpc) is 2.82. The Labute approximate surface area is 114 Å². The number of cyclic esters (lactones) is 1. The van der Waals surface area contributed by atoms with Gasteiger partial charge in [0.2, 0.25) is 0 Å². The van der Waals surface area contributed by atoms with Crippen molar-refractivity contribution in [3.05, 3.63) is 0 Å². The van der Waals surface area contributed by atoms with E-state index in [0.29, 0.717) is 5.92 Å². The van der Waals surface area contributed by atoms with Crippen LogP contribution < -0.4 is 5.32 Å². The van der Waals surface area contributed by atoms with Gasteiger partial charge in [0.25, 0.3) is 0 Å². The molecular weight excluding hydrogens is 244 g/mol. The Kier molecular flexibility index (Phi) is 4.23. The maximum Gasteiger partial charge on any atom is 0.407 e. The first-order chi connectivity index (χ1) is 9.33. The van der Waals surface area contributed by atoms with E-state index in [2.05, 4.69) is 10.2 Å². The number of nitrogens with zero attached hydrogens (tertiary/aromatic N) is 1. The van der Waals surface area contributed by atoms with Gasteiger partial charge in [0.05, 0.1) is 19.3 Å². The molecule has 0 spiro atoms. The molecule has 3 aliphatic rings. The fourth-order valence-electron chi connectivity index (χ4n) is 3.58. The zero-order valence-corrected chi connectivity index (χ0v) is 11.5. The summed E-state index contributed by atoms with van der Waals surface area (Å²) in [5, 5.41) is 3.04. The molecule has 2 heterocycles. The summed E-state index contributed by atoms with van der Waals surface area (Å²) in [4.78, 5) is 13.9. The normalized spacial score (nSPS) is 34.0. The van der Waals surface area contributed by atoms with E-state index in [1.165, 1.54) is 32.1 Å². The van der Waals surface area contributed by atoms with E-state index >= 15 is 0 Å². The van der Waals surface area contributed by atoms with Gasteiger partial charge in [-0.3, -0.25) is 4.90 Å². The molecule has 5 nitrogen and oxygen atoms in total. The van der Waals surface area contributed by atoms with E-state index < -0.39 is 0 Å². The Hall–Kier alpha value is -0.810. The summed E-state index contributed by atoms with van der Waals surface area (Å²) in [5.41, 5.74) is 0. The third kappa shape index (κ3) is 3.20. The van der Waals surface area contributed by atoms with E-state index in [1.807, 2.05) is 0 Å². The van der Waals surface area contributed by atoms with Crippen LogP contribution in [0.3, 0.4) is 0 Å². The fourth-order valence-corrected chi connectivity index (χ4v) is 3.58. The summed E-state index contributed by atoms with van der Waals surface area (Å²) < 4.78 is 10.9. The largest absolute Gasteiger partial charge is 0.443 e. The van der Waals surface area contributed by atoms with E-state index in [0.717, 1.165) is 32.8 Å². The number of hydrogen-bond acceptors (Lipinski definition) is 4. The van der Waals surface area contributed by atoms with Crippen molar-refractivity contribution in [2.45, 2.75) is 44.2 Å². The van der Waals surface area contributed by atoms with Gasteiger partial charge in [-0.25, -0.2) is 4.79 Å². The van der Waals surface area contributed by atoms with Crippen molar-refractivity contribution in [2.24, 2.45) is 5.92 Å². The smallest absolute Gasteiger partial charge is 0.407 e. The third-order valence-electron chi connectivity index (χ3n) is 4.64. The molecule has 2 aliphatic heterocycles. The molecule has 0 aromatic rings. The summed E-state index contributed by atoms with van der Waals surface area (Å²) in [6, 6.07) is 0.218. The first-order valence-electron chi connectivity index (χ1n) is 7.60. The number of hydrogen-bond donors (Lipinski definition) is 1. The zero-order chi connectivity index (χ0) is 13.1. The molecule has 0 radical (unpaired) electrons. The Balaban J connectivity index is 1.59. The first kappa shape index (κ1) is 13.2. The van der Waals surface area contributed by atoms with Crippen molar-refractivity contribution in [1.82, 2.24) is 10.2 Å². The van der Waals surface area contributed by atoms with Crippen LogP contribution in [0.25, 0.3) is 0 Å². The molecule has 19 heavy (non-hydrogen) atoms. The number of nitrogens with one attached hydrogen (secondary N) is 1. The van der Waals surface area contributed by atoms with Crippen LogP contribution in [0.5, 0.6) is 0 Å². The summed E-state index contributed by atoms with van der Waals surface area (Å²) >= 11 is 0. The van der Waals surface area contributed by atoms with Crippen LogP contribution in [-0.2, 0) is 9.47 Å². The van der Waals surface area contributed by atoms with Crippen molar-refractivity contribution in [3.8, 4) is 0 Å². The molecule has 2 atom stereocenters.